The molecule has 0 aliphatic carbocycles. The third-order valence-electron chi connectivity index (χ3n) is 18.3. The maximum atomic E-state index is 13.3. The van der Waals surface area contributed by atoms with E-state index in [0.29, 0.717) is 23.1 Å². The van der Waals surface area contributed by atoms with E-state index < -0.39 is 189 Å². The minimum absolute atomic E-state index is 0.0224. The van der Waals surface area contributed by atoms with Crippen LogP contribution in [0.3, 0.4) is 0 Å². The lowest BCUT2D eigenvalue weighted by Crippen LogP contribution is -2.44. The fraction of sp³-hybridized carbons (Fsp3) is 0.593. The number of azide groups is 1. The fourth-order valence-electron chi connectivity index (χ4n) is 12.6. The molecule has 7 aromatic rings. The van der Waals surface area contributed by atoms with Crippen molar-refractivity contribution in [2.75, 3.05) is 62.6 Å². The summed E-state index contributed by atoms with van der Waals surface area (Å²) in [5.74, 6) is -4.80. The van der Waals surface area contributed by atoms with Gasteiger partial charge in [0.2, 0.25) is 32.0 Å². The molecule has 0 spiro atoms. The van der Waals surface area contributed by atoms with Crippen molar-refractivity contribution in [2.24, 2.45) is 55.2 Å². The number of nitrogens with two attached hydrogens (primary N) is 4. The van der Waals surface area contributed by atoms with Crippen molar-refractivity contribution in [1.82, 2.24) is 87.3 Å². The molecule has 0 amide bonds. The number of aromatic amines is 2. The fourth-order valence-corrected chi connectivity index (χ4v) is 12.6. The monoisotopic (exact) mass is 1560 g/mol. The number of nitrogens with one attached hydrogen (secondary N) is 6. The van der Waals surface area contributed by atoms with E-state index in [1.54, 1.807) is 6.92 Å². The number of ether oxygens (including phenoxy) is 5. The predicted molar refractivity (Wildman–Crippen MR) is 353 cm³/mol. The van der Waals surface area contributed by atoms with E-state index in [-0.39, 0.29) is 45.6 Å². The molecule has 12 rings (SSSR count). The van der Waals surface area contributed by atoms with Crippen molar-refractivity contribution in [1.29, 1.82) is 22.1 Å². The summed E-state index contributed by atoms with van der Waals surface area (Å²) in [6, 6.07) is 3.89. The Morgan fingerprint density at radius 1 is 0.527 bits per heavy atom. The Morgan fingerprint density at radius 2 is 0.891 bits per heavy atom. The third-order valence-corrected chi connectivity index (χ3v) is 18.3. The van der Waals surface area contributed by atoms with Crippen molar-refractivity contribution >= 4 is 45.7 Å². The van der Waals surface area contributed by atoms with Gasteiger partial charge < -0.3 is 103 Å². The van der Waals surface area contributed by atoms with Crippen LogP contribution < -0.4 is 70.8 Å². The van der Waals surface area contributed by atoms with E-state index in [9.17, 15) is 88.2 Å². The van der Waals surface area contributed by atoms with Gasteiger partial charge in [0.25, 0.3) is 34.0 Å². The van der Waals surface area contributed by atoms with Crippen molar-refractivity contribution in [3.05, 3.63) is 118 Å². The molecule has 5 aliphatic heterocycles. The number of nitrogens with zero attached hydrogens (tertiary/aromatic N) is 23. The van der Waals surface area contributed by atoms with Gasteiger partial charge in [-0.1, -0.05) is 25.9 Å². The van der Waals surface area contributed by atoms with Crippen molar-refractivity contribution < 1.29 is 87.9 Å². The summed E-state index contributed by atoms with van der Waals surface area (Å²) in [5, 5.41) is 115. The first-order chi connectivity index (χ1) is 52.3. The molecule has 7 aromatic heterocycles. The van der Waals surface area contributed by atoms with Gasteiger partial charge in [-0.15, -0.1) is 0 Å². The molecule has 5 fully saturated rings. The van der Waals surface area contributed by atoms with Gasteiger partial charge in [-0.3, -0.25) is 41.8 Å². The van der Waals surface area contributed by atoms with Crippen molar-refractivity contribution in [3.8, 4) is 0 Å². The zero-order valence-electron chi connectivity index (χ0n) is 57.4. The van der Waals surface area contributed by atoms with Gasteiger partial charge in [0.05, 0.1) is 50.2 Å². The number of halogens is 3. The first-order valence-electron chi connectivity index (χ1n) is 32.1. The average molecular weight is 1560 g/mol. The number of hydrogen-bond acceptors (Lipinski definition) is 40. The second-order valence-electron chi connectivity index (χ2n) is 24.5. The summed E-state index contributed by atoms with van der Waals surface area (Å²) in [6.45, 7) is 0.374. The molecule has 0 unspecified atom stereocenters. The minimum Gasteiger partial charge on any atom is -0.393 e. The van der Waals surface area contributed by atoms with Gasteiger partial charge >= 0.3 is 17.1 Å². The number of H-pyrrole nitrogens is 2. The smallest absolute Gasteiger partial charge is 0.351 e. The predicted octanol–water partition coefficient (Wildman–Crippen LogP) is -5.14. The lowest BCUT2D eigenvalue weighted by atomic mass is 9.94. The molecule has 12 heterocycles. The lowest BCUT2D eigenvalue weighted by molar-refractivity contribution is -0.128. The molecule has 110 heavy (non-hydrogen) atoms. The number of anilines is 4. The Hall–Kier alpha value is -11.7. The summed E-state index contributed by atoms with van der Waals surface area (Å²) in [4.78, 5) is 104. The average Bonchev–Trinajstić information content (AvgIpc) is 1.62. The molecular weight excluding hydrogens is 1490 g/mol. The molecule has 20 atom stereocenters. The Bertz CT molecular complexity index is 5020. The van der Waals surface area contributed by atoms with Crippen LogP contribution in [-0.2, 0) is 23.7 Å². The SMILES string of the molecule is CC[C@@H]1[C@H](n2cnc3c(=O)[nH]c(N)nc32)O[C@@](CO)(N=[N+]=N)[C@H]1O.CC[C@@H]1[C@H](n2cnc3c(=O)[nH]cnc32)O[C@@](CO)(N=[N+]=N)[C@H]1O.C[C@@H]1[C@H](n2ccc(N)nc2=O)O[C@@](CO)(N=[N+]=[N-])[C@H]1O.N=[N+]=N[C@]1(CO)O[C@@H](n2ccc(N)nc2=O)[C@@H](C(F)F)[C@@H]1O.N=[N+]=N[C@]1(CO)O[C@@H](n2ccc(N)nc2=O)[C@@H](CF)[C@@H]1O. The molecule has 5 aliphatic rings. The lowest BCUT2D eigenvalue weighted by Gasteiger charge is -2.24. The molecule has 24 N–H and O–H groups in total. The number of aliphatic hydroxyl groups is 10. The zero-order chi connectivity index (χ0) is 81.1. The molecule has 0 radical (unpaired) electrons. The molecule has 53 nitrogen and oxygen atoms in total. The second-order valence-corrected chi connectivity index (χ2v) is 24.5. The number of nitrogen functional groups attached to an aromatic ring is 4. The van der Waals surface area contributed by atoms with E-state index in [1.807, 2.05) is 13.8 Å². The van der Waals surface area contributed by atoms with E-state index in [2.05, 4.69) is 95.0 Å². The number of aliphatic hydroxyl groups excluding tert-OH is 10. The molecule has 0 bridgehead atoms. The normalized spacial score (nSPS) is 31.2. The molecular formula is C54H74F3N33O20+4. The highest BCUT2D eigenvalue weighted by molar-refractivity contribution is 5.71. The van der Waals surface area contributed by atoms with E-state index in [1.165, 1.54) is 58.7 Å². The largest absolute Gasteiger partial charge is 0.393 e. The molecule has 56 heteroatoms. The van der Waals surface area contributed by atoms with Crippen LogP contribution in [0.2, 0.25) is 0 Å². The number of fused-ring (bicyclic) bond motifs is 2. The molecule has 592 valence electrons. The standard InChI is InChI=1S/C12H16N8O4.C12H15N7O4.C10H12F2N6O4.C10H13FN6O4.C10H14N6O4/c1-2-5-7(22)12(3-21,18-19-14)24-10(5)20-4-15-6-8(20)16-11(13)17-9(6)23;1-2-6-8(21)12(3-20,17-18-13)23-11(6)19-5-16-7-9(19)14-4-15-10(7)22;11-7(12)5-6(20)10(3-19,16-17-14)22-8(5)18-2-1-4(13)15-9(18)21;11-3-5-7(19)10(4-18,15-16-13)21-8(5)17-2-1-6(12)14-9(17)20;1-5-7(18)10(4-17,14-15-12)20-8(5)16-3-2-6(11)13-9(16)19/h4-5,7,10,14,21-22H,2-3H2,1H3,(H2-,13,16,17,23);4-6,8,11,13,20-21H,2-3H2,1H3;1-2,5-8,14,19-20H,3H2,(H-,13,15,21);1-2,5,7-8,13,18-19H,3-4H2,(H-,12,14,20);2-3,5,7-8,17-18H,4H2,1H3,(H2,11,13,19)/p+4/t5-,7-,10+,12+;6-,8-,11+,12+;5-,6+,8-,10-;2*5-,7-,8+,10+/m00100/s1. The van der Waals surface area contributed by atoms with E-state index in [0.717, 1.165) is 15.3 Å². The highest BCUT2D eigenvalue weighted by Gasteiger charge is 2.64. The Kier molecular flexibility index (Phi) is 26.4. The summed E-state index contributed by atoms with van der Waals surface area (Å²) in [5.41, 5.74) is 45.2. The van der Waals surface area contributed by atoms with Crippen LogP contribution >= 0.6 is 0 Å². The second kappa shape index (κ2) is 34.7. The minimum atomic E-state index is -3.10. The summed E-state index contributed by atoms with van der Waals surface area (Å²) < 4.78 is 72.8. The maximum absolute atomic E-state index is 13.3. The van der Waals surface area contributed by atoms with Crippen LogP contribution in [-0.4, -0.2) is 224 Å². The number of hydrogen-bond donors (Lipinski definition) is 20. The molecule has 0 aromatic carbocycles. The molecule has 5 saturated heterocycles. The van der Waals surface area contributed by atoms with Gasteiger partial charge in [-0.05, 0) is 36.6 Å². The van der Waals surface area contributed by atoms with Crippen LogP contribution in [0.4, 0.5) is 36.6 Å². The quantitative estimate of drug-likeness (QED) is 0.0205. The van der Waals surface area contributed by atoms with Gasteiger partial charge in [0, 0.05) is 41.3 Å². The zero-order valence-corrected chi connectivity index (χ0v) is 57.4. The van der Waals surface area contributed by atoms with Crippen LogP contribution in [0, 0.1) is 51.7 Å². The van der Waals surface area contributed by atoms with Gasteiger partial charge in [-0.2, -0.15) is 19.9 Å². The Morgan fingerprint density at radius 3 is 1.28 bits per heavy atom. The summed E-state index contributed by atoms with van der Waals surface area (Å²) in [6.07, 6.45) is -7.11. The molecule has 0 saturated carbocycles. The number of imidazole rings is 2. The summed E-state index contributed by atoms with van der Waals surface area (Å²) >= 11 is 0. The van der Waals surface area contributed by atoms with Crippen molar-refractivity contribution in [3.63, 3.8) is 0 Å². The van der Waals surface area contributed by atoms with Gasteiger partial charge in [-0.25, -0.2) is 38.1 Å². The first-order valence-corrected chi connectivity index (χ1v) is 32.1. The van der Waals surface area contributed by atoms with E-state index in [4.69, 9.17) is 74.3 Å². The van der Waals surface area contributed by atoms with Crippen LogP contribution in [0.5, 0.6) is 0 Å². The Labute approximate surface area is 608 Å². The maximum Gasteiger partial charge on any atom is 0.351 e. The number of aromatic nitrogens is 14. The third kappa shape index (κ3) is 15.8. The Balaban J connectivity index is 0.000000173. The first kappa shape index (κ1) is 83.9. The number of rotatable bonds is 19. The van der Waals surface area contributed by atoms with Crippen LogP contribution in [0.25, 0.3) is 32.8 Å². The highest BCUT2D eigenvalue weighted by atomic mass is 19.3. The van der Waals surface area contributed by atoms with E-state index >= 15 is 0 Å². The van der Waals surface area contributed by atoms with Gasteiger partial charge in [0.15, 0.2) is 54.7 Å². The number of alkyl halides is 3. The van der Waals surface area contributed by atoms with Crippen LogP contribution in [0.15, 0.2) is 105 Å². The van der Waals surface area contributed by atoms with Crippen molar-refractivity contribution in [2.45, 2.75) is 130 Å². The van der Waals surface area contributed by atoms with Gasteiger partial charge in [0.1, 0.15) is 115 Å². The topological polar surface area (TPSA) is 834 Å². The summed E-state index contributed by atoms with van der Waals surface area (Å²) in [7, 11) is 0. The van der Waals surface area contributed by atoms with Crippen LogP contribution in [0.1, 0.15) is 64.8 Å². The highest BCUT2D eigenvalue weighted by Crippen LogP contribution is 2.48.